The minimum atomic E-state index is -1.06. The van der Waals surface area contributed by atoms with Crippen LogP contribution < -0.4 is 4.74 Å². The zero-order valence-corrected chi connectivity index (χ0v) is 12.7. The number of aromatic nitrogens is 3. The van der Waals surface area contributed by atoms with Crippen LogP contribution >= 0.6 is 15.9 Å². The zero-order chi connectivity index (χ0) is 14.3. The Hall–Kier alpha value is -1.47. The standard InChI is InChI=1S/C13H14BrN3O3/c1-13(18,7-3-4-7)12-16-11(17-20-12)8-5-6-9(19-2)10(14)15-8/h5-7,18H,3-4H2,1-2H3. The van der Waals surface area contributed by atoms with Gasteiger partial charge in [0.1, 0.15) is 15.9 Å². The number of aliphatic hydroxyl groups is 1. The molecule has 0 spiro atoms. The lowest BCUT2D eigenvalue weighted by atomic mass is 10.0. The van der Waals surface area contributed by atoms with Crippen LogP contribution in [-0.4, -0.2) is 27.3 Å². The second kappa shape index (κ2) is 4.82. The molecule has 0 aromatic carbocycles. The number of halogens is 1. The molecule has 6 nitrogen and oxygen atoms in total. The summed E-state index contributed by atoms with van der Waals surface area (Å²) >= 11 is 3.31. The summed E-state index contributed by atoms with van der Waals surface area (Å²) in [5, 5.41) is 14.3. The second-order valence-electron chi connectivity index (χ2n) is 5.03. The first kappa shape index (κ1) is 13.5. The van der Waals surface area contributed by atoms with E-state index in [-0.39, 0.29) is 11.8 Å². The Kier molecular flexibility index (Phi) is 3.25. The fourth-order valence-corrected chi connectivity index (χ4v) is 2.54. The third-order valence-electron chi connectivity index (χ3n) is 3.49. The summed E-state index contributed by atoms with van der Waals surface area (Å²) in [5.74, 6) is 1.42. The van der Waals surface area contributed by atoms with Gasteiger partial charge in [-0.2, -0.15) is 4.98 Å². The fraction of sp³-hybridized carbons (Fsp3) is 0.462. The fourth-order valence-electron chi connectivity index (χ4n) is 2.05. The summed E-state index contributed by atoms with van der Waals surface area (Å²) in [6, 6.07) is 3.51. The van der Waals surface area contributed by atoms with Gasteiger partial charge in [-0.25, -0.2) is 4.98 Å². The predicted molar refractivity (Wildman–Crippen MR) is 74.1 cm³/mol. The van der Waals surface area contributed by atoms with Crippen molar-refractivity contribution >= 4 is 15.9 Å². The van der Waals surface area contributed by atoms with E-state index in [1.165, 1.54) is 0 Å². The van der Waals surface area contributed by atoms with Gasteiger partial charge in [-0.15, -0.1) is 0 Å². The Morgan fingerprint density at radius 1 is 1.40 bits per heavy atom. The van der Waals surface area contributed by atoms with Crippen molar-refractivity contribution in [2.75, 3.05) is 7.11 Å². The molecule has 0 amide bonds. The SMILES string of the molecule is COc1ccc(-c2noc(C(C)(O)C3CC3)n2)nc1Br. The molecule has 1 aliphatic rings. The van der Waals surface area contributed by atoms with Gasteiger partial charge in [-0.1, -0.05) is 5.16 Å². The third-order valence-corrected chi connectivity index (χ3v) is 4.06. The van der Waals surface area contributed by atoms with Gasteiger partial charge in [-0.05, 0) is 53.7 Å². The van der Waals surface area contributed by atoms with E-state index < -0.39 is 5.60 Å². The summed E-state index contributed by atoms with van der Waals surface area (Å²) in [6.45, 7) is 1.71. The van der Waals surface area contributed by atoms with E-state index in [2.05, 4.69) is 31.1 Å². The number of ether oxygens (including phenoxy) is 1. The van der Waals surface area contributed by atoms with Gasteiger partial charge >= 0.3 is 0 Å². The molecule has 0 aliphatic heterocycles. The molecule has 1 atom stereocenters. The molecule has 1 saturated carbocycles. The van der Waals surface area contributed by atoms with Crippen molar-refractivity contribution in [3.63, 3.8) is 0 Å². The van der Waals surface area contributed by atoms with Gasteiger partial charge in [-0.3, -0.25) is 0 Å². The van der Waals surface area contributed by atoms with Crippen LogP contribution in [0.5, 0.6) is 5.75 Å². The number of methoxy groups -OCH3 is 1. The van der Waals surface area contributed by atoms with Crippen molar-refractivity contribution in [1.29, 1.82) is 0 Å². The third kappa shape index (κ3) is 2.31. The summed E-state index contributed by atoms with van der Waals surface area (Å²) in [7, 11) is 1.57. The summed E-state index contributed by atoms with van der Waals surface area (Å²) in [6.07, 6.45) is 1.97. The minimum absolute atomic E-state index is 0.200. The topological polar surface area (TPSA) is 81.3 Å². The van der Waals surface area contributed by atoms with Crippen molar-refractivity contribution in [3.8, 4) is 17.3 Å². The Morgan fingerprint density at radius 2 is 2.15 bits per heavy atom. The molecule has 2 heterocycles. The molecule has 2 aromatic heterocycles. The molecule has 0 saturated heterocycles. The van der Waals surface area contributed by atoms with Gasteiger partial charge in [0.15, 0.2) is 5.75 Å². The minimum Gasteiger partial charge on any atom is -0.494 e. The van der Waals surface area contributed by atoms with Crippen LogP contribution in [0.4, 0.5) is 0 Å². The molecule has 0 bridgehead atoms. The second-order valence-corrected chi connectivity index (χ2v) is 5.79. The van der Waals surface area contributed by atoms with E-state index >= 15 is 0 Å². The zero-order valence-electron chi connectivity index (χ0n) is 11.1. The smallest absolute Gasteiger partial charge is 0.258 e. The molecule has 1 N–H and O–H groups in total. The van der Waals surface area contributed by atoms with Crippen LogP contribution in [0.3, 0.4) is 0 Å². The summed E-state index contributed by atoms with van der Waals surface area (Å²) < 4.78 is 10.9. The van der Waals surface area contributed by atoms with E-state index in [9.17, 15) is 5.11 Å². The summed E-state index contributed by atoms with van der Waals surface area (Å²) in [4.78, 5) is 8.55. The quantitative estimate of drug-likeness (QED) is 0.862. The molecule has 1 unspecified atom stereocenters. The van der Waals surface area contributed by atoms with Crippen molar-refractivity contribution in [2.24, 2.45) is 5.92 Å². The Balaban J connectivity index is 1.92. The Bertz CT molecular complexity index is 638. The molecule has 20 heavy (non-hydrogen) atoms. The van der Waals surface area contributed by atoms with Crippen molar-refractivity contribution in [1.82, 2.24) is 15.1 Å². The highest BCUT2D eigenvalue weighted by molar-refractivity contribution is 9.10. The first-order chi connectivity index (χ1) is 9.52. The van der Waals surface area contributed by atoms with Crippen LogP contribution in [0.1, 0.15) is 25.7 Å². The maximum atomic E-state index is 10.4. The van der Waals surface area contributed by atoms with Crippen molar-refractivity contribution in [3.05, 3.63) is 22.6 Å². The highest BCUT2D eigenvalue weighted by Gasteiger charge is 2.45. The van der Waals surface area contributed by atoms with Crippen molar-refractivity contribution in [2.45, 2.75) is 25.4 Å². The average molecular weight is 340 g/mol. The average Bonchev–Trinajstić information content (AvgIpc) is 3.16. The van der Waals surface area contributed by atoms with Crippen LogP contribution in [0.2, 0.25) is 0 Å². The monoisotopic (exact) mass is 339 g/mol. The predicted octanol–water partition coefficient (Wildman–Crippen LogP) is 2.52. The van der Waals surface area contributed by atoms with Crippen molar-refractivity contribution < 1.29 is 14.4 Å². The van der Waals surface area contributed by atoms with Crippen LogP contribution in [-0.2, 0) is 5.60 Å². The lowest BCUT2D eigenvalue weighted by Crippen LogP contribution is -2.24. The number of hydrogen-bond donors (Lipinski definition) is 1. The van der Waals surface area contributed by atoms with Gasteiger partial charge in [0, 0.05) is 0 Å². The molecule has 0 radical (unpaired) electrons. The highest BCUT2D eigenvalue weighted by atomic mass is 79.9. The molecular formula is C13H14BrN3O3. The Labute approximate surface area is 124 Å². The molecule has 2 aromatic rings. The van der Waals surface area contributed by atoms with Crippen LogP contribution in [0.15, 0.2) is 21.3 Å². The van der Waals surface area contributed by atoms with Gasteiger partial charge in [0.05, 0.1) is 7.11 Å². The lowest BCUT2D eigenvalue weighted by Gasteiger charge is -2.16. The van der Waals surface area contributed by atoms with Gasteiger partial charge < -0.3 is 14.4 Å². The van der Waals surface area contributed by atoms with E-state index in [0.29, 0.717) is 21.9 Å². The van der Waals surface area contributed by atoms with E-state index in [4.69, 9.17) is 9.26 Å². The molecule has 1 aliphatic carbocycles. The first-order valence-electron chi connectivity index (χ1n) is 6.30. The number of hydrogen-bond acceptors (Lipinski definition) is 6. The maximum absolute atomic E-state index is 10.4. The van der Waals surface area contributed by atoms with E-state index in [1.54, 1.807) is 26.2 Å². The largest absolute Gasteiger partial charge is 0.494 e. The maximum Gasteiger partial charge on any atom is 0.258 e. The molecule has 7 heteroatoms. The number of rotatable bonds is 4. The van der Waals surface area contributed by atoms with Gasteiger partial charge in [0.2, 0.25) is 5.82 Å². The summed E-state index contributed by atoms with van der Waals surface area (Å²) in [5.41, 5.74) is -0.506. The molecule has 3 rings (SSSR count). The molecule has 1 fully saturated rings. The molecule has 106 valence electrons. The van der Waals surface area contributed by atoms with Crippen LogP contribution in [0, 0.1) is 5.92 Å². The van der Waals surface area contributed by atoms with E-state index in [1.807, 2.05) is 0 Å². The normalized spacial score (nSPS) is 17.8. The van der Waals surface area contributed by atoms with Crippen LogP contribution in [0.25, 0.3) is 11.5 Å². The Morgan fingerprint density at radius 3 is 2.75 bits per heavy atom. The first-order valence-corrected chi connectivity index (χ1v) is 7.09. The lowest BCUT2D eigenvalue weighted by molar-refractivity contribution is 0.000916. The highest BCUT2D eigenvalue weighted by Crippen LogP contribution is 2.45. The van der Waals surface area contributed by atoms with E-state index in [0.717, 1.165) is 12.8 Å². The number of nitrogens with zero attached hydrogens (tertiary/aromatic N) is 3. The number of pyridine rings is 1. The molecular weight excluding hydrogens is 326 g/mol. The van der Waals surface area contributed by atoms with Gasteiger partial charge in [0.25, 0.3) is 5.89 Å².